The topological polar surface area (TPSA) is 95.8 Å². The quantitative estimate of drug-likeness (QED) is 0.211. The van der Waals surface area contributed by atoms with Crippen LogP contribution in [0.1, 0.15) is 52.5 Å². The lowest BCUT2D eigenvalue weighted by molar-refractivity contribution is -0.142. The molecule has 2 unspecified atom stereocenters. The number of halogens is 4. The van der Waals surface area contributed by atoms with Crippen molar-refractivity contribution in [2.75, 3.05) is 44.2 Å². The summed E-state index contributed by atoms with van der Waals surface area (Å²) in [5, 5.41) is 13.7. The Morgan fingerprint density at radius 2 is 1.96 bits per heavy atom. The van der Waals surface area contributed by atoms with Gasteiger partial charge in [0.25, 0.3) is 5.56 Å². The Morgan fingerprint density at radius 1 is 1.17 bits per heavy atom. The van der Waals surface area contributed by atoms with Crippen LogP contribution in [0.25, 0.3) is 27.4 Å². The van der Waals surface area contributed by atoms with E-state index in [1.54, 1.807) is 0 Å². The normalized spacial score (nSPS) is 22.9. The molecule has 9 rings (SSSR count). The Hall–Kier alpha value is -4.41. The molecular weight excluding hydrogens is 628 g/mol. The molecule has 1 aliphatic carbocycles. The maximum absolute atomic E-state index is 15.1. The summed E-state index contributed by atoms with van der Waals surface area (Å²) in [5.74, 6) is 0.835. The zero-order valence-electron chi connectivity index (χ0n) is 27.9. The average molecular weight is 665 g/mol. The predicted octanol–water partition coefficient (Wildman–Crippen LogP) is 4.97. The second kappa shape index (κ2) is 11.3. The molecule has 2 N–H and O–H groups in total. The van der Waals surface area contributed by atoms with Gasteiger partial charge in [-0.25, -0.2) is 4.39 Å². The Bertz CT molecular complexity index is 2130. The van der Waals surface area contributed by atoms with Crippen molar-refractivity contribution in [3.8, 4) is 29.8 Å². The zero-order chi connectivity index (χ0) is 35.2. The number of aromatic hydroxyl groups is 1. The van der Waals surface area contributed by atoms with E-state index in [0.717, 1.165) is 57.0 Å². The summed E-state index contributed by atoms with van der Waals surface area (Å²) < 4.78 is 84.5. The number of phenolic OH excluding ortho intramolecular Hbond substituents is 1. The molecule has 4 aromatic rings. The van der Waals surface area contributed by atoms with Gasteiger partial charge in [-0.2, -0.15) is 23.1 Å². The second-order valence-electron chi connectivity index (χ2n) is 13.3. The van der Waals surface area contributed by atoms with Gasteiger partial charge in [0.05, 0.1) is 25.9 Å². The minimum Gasteiger partial charge on any atom is -0.508 e. The van der Waals surface area contributed by atoms with Gasteiger partial charge in [0.1, 0.15) is 28.6 Å². The van der Waals surface area contributed by atoms with Gasteiger partial charge < -0.3 is 25.0 Å². The molecule has 0 radical (unpaired) electrons. The fourth-order valence-corrected chi connectivity index (χ4v) is 7.52. The molecule has 2 aromatic carbocycles. The van der Waals surface area contributed by atoms with Crippen LogP contribution in [-0.4, -0.2) is 75.9 Å². The van der Waals surface area contributed by atoms with Gasteiger partial charge in [0.2, 0.25) is 0 Å². The molecular formula is C35H34F4N6O3. The van der Waals surface area contributed by atoms with E-state index in [2.05, 4.69) is 26.1 Å². The van der Waals surface area contributed by atoms with E-state index in [9.17, 15) is 14.3 Å². The molecule has 2 aromatic heterocycles. The average Bonchev–Trinajstić information content (AvgIpc) is 3.70. The molecule has 2 atom stereocenters. The standard InChI is InChI=1S/C35H34F4N6O3/c1-2-24-26(36)8-5-20-13-23(46)14-27(29(20)24)45-28(35(37,38)39)15-25-30(32(45)47)41-33(42-31(25)44-17-21-6-7-22(44)16-40-21)48-19-34(9-10-34)18-43-11-3-4-12-43/h1,5,8,13-15,21-22,40,46H,3-4,6-7,9-12,16-19H2/i19D2. The third-order valence-corrected chi connectivity index (χ3v) is 10.1. The van der Waals surface area contributed by atoms with E-state index < -0.39 is 58.2 Å². The summed E-state index contributed by atoms with van der Waals surface area (Å²) in [5.41, 5.74) is -4.83. The smallest absolute Gasteiger partial charge is 0.431 e. The van der Waals surface area contributed by atoms with Gasteiger partial charge in [0, 0.05) is 48.6 Å². The number of rotatable bonds is 7. The molecule has 48 heavy (non-hydrogen) atoms. The molecule has 0 spiro atoms. The first-order valence-electron chi connectivity index (χ1n) is 17.2. The van der Waals surface area contributed by atoms with Crippen LogP contribution >= 0.6 is 0 Å². The molecule has 6 heterocycles. The summed E-state index contributed by atoms with van der Waals surface area (Å²) in [6.07, 6.45) is 5.27. The van der Waals surface area contributed by atoms with E-state index >= 15 is 13.2 Å². The van der Waals surface area contributed by atoms with Crippen LogP contribution in [0.3, 0.4) is 0 Å². The molecule has 1 saturated carbocycles. The number of nitrogens with one attached hydrogen (secondary N) is 1. The number of anilines is 1. The number of alkyl halides is 3. The first kappa shape index (κ1) is 28.6. The summed E-state index contributed by atoms with van der Waals surface area (Å²) >= 11 is 0. The number of terminal acetylenes is 1. The lowest BCUT2D eigenvalue weighted by Crippen LogP contribution is -2.61. The van der Waals surface area contributed by atoms with Crippen molar-refractivity contribution in [1.29, 1.82) is 0 Å². The Kier molecular flexibility index (Phi) is 6.76. The third kappa shape index (κ3) is 5.31. The lowest BCUT2D eigenvalue weighted by atomic mass is 9.93. The molecule has 9 nitrogen and oxygen atoms in total. The minimum absolute atomic E-state index is 0.0345. The van der Waals surface area contributed by atoms with Crippen molar-refractivity contribution in [3.63, 3.8) is 0 Å². The van der Waals surface area contributed by atoms with Crippen molar-refractivity contribution >= 4 is 27.5 Å². The van der Waals surface area contributed by atoms with Crippen molar-refractivity contribution in [3.05, 3.63) is 57.8 Å². The molecule has 4 saturated heterocycles. The summed E-state index contributed by atoms with van der Waals surface area (Å²) in [7, 11) is 0. The Labute approximate surface area is 276 Å². The fraction of sp³-hybridized carbons (Fsp3) is 0.457. The van der Waals surface area contributed by atoms with Crippen LogP contribution in [0.5, 0.6) is 11.8 Å². The SMILES string of the molecule is [2H]C([2H])(Oc1nc(N2CC3CCC2CN3)c2cc(C(F)(F)F)n(-c3cc(O)cc4ccc(F)c(C#C)c34)c(=O)c2n1)C1(CN2CCCC2)CC1. The van der Waals surface area contributed by atoms with Crippen LogP contribution < -0.4 is 20.5 Å². The molecule has 5 fully saturated rings. The highest BCUT2D eigenvalue weighted by Gasteiger charge is 2.46. The van der Waals surface area contributed by atoms with Crippen molar-refractivity contribution < 1.29 is 30.1 Å². The monoisotopic (exact) mass is 664 g/mol. The van der Waals surface area contributed by atoms with Gasteiger partial charge in [0.15, 0.2) is 0 Å². The molecule has 4 aliphatic heterocycles. The van der Waals surface area contributed by atoms with Gasteiger partial charge in [-0.05, 0) is 75.2 Å². The third-order valence-electron chi connectivity index (χ3n) is 10.1. The molecule has 0 amide bonds. The van der Waals surface area contributed by atoms with Crippen LogP contribution in [0.2, 0.25) is 0 Å². The number of nitrogens with zero attached hydrogens (tertiary/aromatic N) is 5. The number of fused-ring (bicyclic) bond motifs is 5. The van der Waals surface area contributed by atoms with E-state index in [0.29, 0.717) is 37.0 Å². The number of phenols is 1. The van der Waals surface area contributed by atoms with Crippen LogP contribution in [0, 0.1) is 23.6 Å². The number of likely N-dealkylation sites (tertiary alicyclic amines) is 1. The van der Waals surface area contributed by atoms with E-state index in [4.69, 9.17) is 13.9 Å². The van der Waals surface area contributed by atoms with Gasteiger partial charge >= 0.3 is 12.2 Å². The van der Waals surface area contributed by atoms with Gasteiger partial charge in [-0.1, -0.05) is 12.0 Å². The Morgan fingerprint density at radius 3 is 2.60 bits per heavy atom. The second-order valence-corrected chi connectivity index (χ2v) is 13.3. The summed E-state index contributed by atoms with van der Waals surface area (Å²) in [4.78, 5) is 27.5. The highest BCUT2D eigenvalue weighted by atomic mass is 19.4. The van der Waals surface area contributed by atoms with Gasteiger partial charge in [-0.15, -0.1) is 6.42 Å². The number of ether oxygens (including phenoxy) is 1. The Balaban J connectivity index is 1.37. The van der Waals surface area contributed by atoms with Crippen molar-refractivity contribution in [2.45, 2.75) is 56.8 Å². The maximum atomic E-state index is 15.1. The number of piperazine rings is 1. The molecule has 5 aliphatic rings. The maximum Gasteiger partial charge on any atom is 0.431 e. The molecule has 250 valence electrons. The number of aromatic nitrogens is 3. The van der Waals surface area contributed by atoms with Crippen molar-refractivity contribution in [2.24, 2.45) is 5.41 Å². The van der Waals surface area contributed by atoms with Gasteiger partial charge in [-0.3, -0.25) is 9.36 Å². The molecule has 2 bridgehead atoms. The van der Waals surface area contributed by atoms with Crippen LogP contribution in [0.4, 0.5) is 23.4 Å². The van der Waals surface area contributed by atoms with E-state index in [1.165, 1.54) is 12.1 Å². The zero-order valence-corrected chi connectivity index (χ0v) is 25.9. The fourth-order valence-electron chi connectivity index (χ4n) is 7.52. The predicted molar refractivity (Wildman–Crippen MR) is 172 cm³/mol. The van der Waals surface area contributed by atoms with Crippen LogP contribution in [-0.2, 0) is 6.18 Å². The number of pyridine rings is 1. The van der Waals surface area contributed by atoms with Crippen LogP contribution in [0.15, 0.2) is 35.1 Å². The number of hydrogen-bond acceptors (Lipinski definition) is 8. The first-order chi connectivity index (χ1) is 23.8. The van der Waals surface area contributed by atoms with E-state index in [-0.39, 0.29) is 39.6 Å². The molecule has 13 heteroatoms. The van der Waals surface area contributed by atoms with Crippen molar-refractivity contribution in [1.82, 2.24) is 24.8 Å². The first-order valence-corrected chi connectivity index (χ1v) is 16.2. The number of piperidine rings is 2. The minimum atomic E-state index is -5.12. The van der Waals surface area contributed by atoms with E-state index in [1.807, 2.05) is 4.90 Å². The largest absolute Gasteiger partial charge is 0.508 e. The number of hydrogen-bond donors (Lipinski definition) is 2. The highest BCUT2D eigenvalue weighted by Crippen LogP contribution is 2.47. The summed E-state index contributed by atoms with van der Waals surface area (Å²) in [6.45, 7) is 0.878. The summed E-state index contributed by atoms with van der Waals surface area (Å²) in [6, 6.07) is 4.60. The number of benzene rings is 2. The lowest BCUT2D eigenvalue weighted by Gasteiger charge is -2.46. The highest BCUT2D eigenvalue weighted by molar-refractivity contribution is 5.97.